The topological polar surface area (TPSA) is 79.4 Å². The van der Waals surface area contributed by atoms with Crippen molar-refractivity contribution >= 4 is 45.0 Å². The highest BCUT2D eigenvalue weighted by atomic mass is 35.5. The second kappa shape index (κ2) is 8.18. The number of amides is 1. The summed E-state index contributed by atoms with van der Waals surface area (Å²) in [6.07, 6.45) is 1.29. The summed E-state index contributed by atoms with van der Waals surface area (Å²) < 4.78 is 25.1. The lowest BCUT2D eigenvalue weighted by atomic mass is 10.2. The van der Waals surface area contributed by atoms with Gasteiger partial charge in [0, 0.05) is 31.0 Å². The number of nitrogens with one attached hydrogen (secondary N) is 1. The third kappa shape index (κ3) is 5.18. The number of thioether (sulfide) groups is 1. The number of hydrogen-bond acceptors (Lipinski definition) is 5. The first-order valence-corrected chi connectivity index (χ1v) is 10.1. The van der Waals surface area contributed by atoms with E-state index in [-0.39, 0.29) is 16.6 Å². The fourth-order valence-corrected chi connectivity index (χ4v) is 3.49. The molecule has 0 saturated heterocycles. The fourth-order valence-electron chi connectivity index (χ4n) is 1.82. The Morgan fingerprint density at radius 1 is 1.28 bits per heavy atom. The first kappa shape index (κ1) is 19.7. The lowest BCUT2D eigenvalue weighted by Gasteiger charge is -2.11. The maximum Gasteiger partial charge on any atom is 0.244 e. The molecule has 1 aromatic carbocycles. The standard InChI is InChI=1S/C16H18ClN3O3S2/c1-11-4-5-12(8-14(11)17)19-15(21)10-24-16-7-6-13(9-18-16)25(22,23)20(2)3/h4-9H,10H2,1-3H3,(H,19,21). The zero-order chi connectivity index (χ0) is 18.6. The summed E-state index contributed by atoms with van der Waals surface area (Å²) >= 11 is 7.24. The molecule has 0 saturated carbocycles. The molecule has 25 heavy (non-hydrogen) atoms. The molecule has 0 unspecified atom stereocenters. The molecule has 1 aromatic heterocycles. The van der Waals surface area contributed by atoms with Gasteiger partial charge in [0.15, 0.2) is 0 Å². The summed E-state index contributed by atoms with van der Waals surface area (Å²) in [7, 11) is -0.587. The van der Waals surface area contributed by atoms with Gasteiger partial charge in [-0.2, -0.15) is 0 Å². The van der Waals surface area contributed by atoms with Gasteiger partial charge in [0.2, 0.25) is 15.9 Å². The Bertz CT molecular complexity index is 869. The first-order chi connectivity index (χ1) is 11.7. The number of anilines is 1. The highest BCUT2D eigenvalue weighted by Crippen LogP contribution is 2.21. The third-order valence-corrected chi connectivity index (χ3v) is 6.44. The summed E-state index contributed by atoms with van der Waals surface area (Å²) in [6, 6.07) is 8.36. The molecular formula is C16H18ClN3O3S2. The average molecular weight is 400 g/mol. The van der Waals surface area contributed by atoms with Crippen molar-refractivity contribution in [2.45, 2.75) is 16.8 Å². The Balaban J connectivity index is 1.94. The van der Waals surface area contributed by atoms with E-state index in [1.165, 1.54) is 38.1 Å². The third-order valence-electron chi connectivity index (χ3n) is 3.29. The average Bonchev–Trinajstić information content (AvgIpc) is 2.56. The molecule has 9 heteroatoms. The fraction of sp³-hybridized carbons (Fsp3) is 0.250. The van der Waals surface area contributed by atoms with Crippen molar-refractivity contribution in [1.29, 1.82) is 0 Å². The molecule has 2 aromatic rings. The van der Waals surface area contributed by atoms with Crippen LogP contribution in [0.3, 0.4) is 0 Å². The number of halogens is 1. The van der Waals surface area contributed by atoms with Gasteiger partial charge in [-0.25, -0.2) is 17.7 Å². The number of nitrogens with zero attached hydrogens (tertiary/aromatic N) is 2. The van der Waals surface area contributed by atoms with Gasteiger partial charge in [-0.05, 0) is 36.8 Å². The molecule has 2 rings (SSSR count). The van der Waals surface area contributed by atoms with Crippen LogP contribution < -0.4 is 5.32 Å². The Kier molecular flexibility index (Phi) is 6.45. The van der Waals surface area contributed by atoms with Gasteiger partial charge in [-0.3, -0.25) is 4.79 Å². The number of hydrogen-bond donors (Lipinski definition) is 1. The predicted molar refractivity (Wildman–Crippen MR) is 101 cm³/mol. The van der Waals surface area contributed by atoms with Crippen molar-refractivity contribution in [2.75, 3.05) is 25.2 Å². The van der Waals surface area contributed by atoms with Crippen LogP contribution >= 0.6 is 23.4 Å². The molecule has 1 N–H and O–H groups in total. The van der Waals surface area contributed by atoms with Crippen LogP contribution in [0.1, 0.15) is 5.56 Å². The largest absolute Gasteiger partial charge is 0.325 e. The van der Waals surface area contributed by atoms with E-state index in [2.05, 4.69) is 10.3 Å². The summed E-state index contributed by atoms with van der Waals surface area (Å²) in [5.41, 5.74) is 1.56. The quantitative estimate of drug-likeness (QED) is 0.755. The predicted octanol–water partition coefficient (Wildman–Crippen LogP) is 3.02. The van der Waals surface area contributed by atoms with Gasteiger partial charge in [-0.1, -0.05) is 29.4 Å². The van der Waals surface area contributed by atoms with E-state index >= 15 is 0 Å². The maximum atomic E-state index is 12.0. The SMILES string of the molecule is Cc1ccc(NC(=O)CSc2ccc(S(=O)(=O)N(C)C)cn2)cc1Cl. The number of benzene rings is 1. The monoisotopic (exact) mass is 399 g/mol. The highest BCUT2D eigenvalue weighted by Gasteiger charge is 2.17. The zero-order valence-electron chi connectivity index (χ0n) is 14.0. The lowest BCUT2D eigenvalue weighted by Crippen LogP contribution is -2.22. The normalized spacial score (nSPS) is 11.6. The Morgan fingerprint density at radius 2 is 2.00 bits per heavy atom. The van der Waals surface area contributed by atoms with Crippen molar-refractivity contribution < 1.29 is 13.2 Å². The van der Waals surface area contributed by atoms with Crippen LogP contribution in [-0.4, -0.2) is 43.5 Å². The van der Waals surface area contributed by atoms with Crippen LogP contribution in [0.15, 0.2) is 46.5 Å². The van der Waals surface area contributed by atoms with E-state index in [1.807, 2.05) is 13.0 Å². The Labute approximate surface area is 156 Å². The van der Waals surface area contributed by atoms with E-state index in [0.717, 1.165) is 9.87 Å². The smallest absolute Gasteiger partial charge is 0.244 e. The molecule has 0 aliphatic rings. The minimum atomic E-state index is -3.50. The Hall–Kier alpha value is -1.61. The summed E-state index contributed by atoms with van der Waals surface area (Å²) in [5.74, 6) is -0.0464. The van der Waals surface area contributed by atoms with Crippen LogP contribution in [0.2, 0.25) is 5.02 Å². The lowest BCUT2D eigenvalue weighted by molar-refractivity contribution is -0.113. The first-order valence-electron chi connectivity index (χ1n) is 7.27. The maximum absolute atomic E-state index is 12.0. The number of aromatic nitrogens is 1. The zero-order valence-corrected chi connectivity index (χ0v) is 16.4. The minimum Gasteiger partial charge on any atom is -0.325 e. The van der Waals surface area contributed by atoms with Crippen molar-refractivity contribution in [3.8, 4) is 0 Å². The molecule has 1 heterocycles. The molecule has 0 fully saturated rings. The van der Waals surface area contributed by atoms with Crippen molar-refractivity contribution in [3.63, 3.8) is 0 Å². The number of carbonyl (C=O) groups is 1. The van der Waals surface area contributed by atoms with Crippen LogP contribution in [0.25, 0.3) is 0 Å². The van der Waals surface area contributed by atoms with E-state index < -0.39 is 10.0 Å². The molecule has 0 aliphatic carbocycles. The number of rotatable bonds is 6. The van der Waals surface area contributed by atoms with Gasteiger partial charge < -0.3 is 5.32 Å². The van der Waals surface area contributed by atoms with E-state index in [4.69, 9.17) is 11.6 Å². The second-order valence-corrected chi connectivity index (χ2v) is 8.98. The van der Waals surface area contributed by atoms with Crippen molar-refractivity contribution in [1.82, 2.24) is 9.29 Å². The summed E-state index contributed by atoms with van der Waals surface area (Å²) in [4.78, 5) is 16.2. The minimum absolute atomic E-state index is 0.112. The van der Waals surface area contributed by atoms with Gasteiger partial charge in [-0.15, -0.1) is 0 Å². The van der Waals surface area contributed by atoms with Crippen LogP contribution in [0.5, 0.6) is 0 Å². The highest BCUT2D eigenvalue weighted by molar-refractivity contribution is 7.99. The van der Waals surface area contributed by atoms with Gasteiger partial charge >= 0.3 is 0 Å². The second-order valence-electron chi connectivity index (χ2n) is 5.42. The molecule has 0 atom stereocenters. The number of aryl methyl sites for hydroxylation is 1. The Morgan fingerprint density at radius 3 is 2.56 bits per heavy atom. The van der Waals surface area contributed by atoms with E-state index in [1.54, 1.807) is 18.2 Å². The van der Waals surface area contributed by atoms with E-state index in [0.29, 0.717) is 15.7 Å². The van der Waals surface area contributed by atoms with Gasteiger partial charge in [0.1, 0.15) is 4.90 Å². The summed E-state index contributed by atoms with van der Waals surface area (Å²) in [5, 5.41) is 3.91. The van der Waals surface area contributed by atoms with E-state index in [9.17, 15) is 13.2 Å². The van der Waals surface area contributed by atoms with Gasteiger partial charge in [0.05, 0.1) is 10.8 Å². The molecule has 6 nitrogen and oxygen atoms in total. The number of pyridine rings is 1. The molecular weight excluding hydrogens is 382 g/mol. The van der Waals surface area contributed by atoms with Crippen LogP contribution in [-0.2, 0) is 14.8 Å². The van der Waals surface area contributed by atoms with Crippen LogP contribution in [0.4, 0.5) is 5.69 Å². The molecule has 134 valence electrons. The molecule has 0 spiro atoms. The number of carbonyl (C=O) groups excluding carboxylic acids is 1. The van der Waals surface area contributed by atoms with Crippen molar-refractivity contribution in [2.24, 2.45) is 0 Å². The molecule has 0 radical (unpaired) electrons. The van der Waals surface area contributed by atoms with Gasteiger partial charge in [0.25, 0.3) is 0 Å². The number of sulfonamides is 1. The summed E-state index contributed by atoms with van der Waals surface area (Å²) in [6.45, 7) is 1.88. The van der Waals surface area contributed by atoms with Crippen LogP contribution in [0, 0.1) is 6.92 Å². The molecule has 1 amide bonds. The molecule has 0 aliphatic heterocycles. The molecule has 0 bridgehead atoms. The van der Waals surface area contributed by atoms with Crippen molar-refractivity contribution in [3.05, 3.63) is 47.1 Å².